The van der Waals surface area contributed by atoms with E-state index in [1.807, 2.05) is 19.1 Å². The summed E-state index contributed by atoms with van der Waals surface area (Å²) in [6, 6.07) is 7.15. The Morgan fingerprint density at radius 1 is 1.33 bits per heavy atom. The predicted molar refractivity (Wildman–Crippen MR) is 38.6 cm³/mol. The number of phenolic OH excluding ortho intramolecular Hbond substituents is 1. The molecule has 1 aromatic carbocycles. The Hall–Kier alpha value is -0.448. The van der Waals surface area contributed by atoms with E-state index in [2.05, 4.69) is 0 Å². The maximum absolute atomic E-state index is 8.81. The molecule has 1 nitrogen and oxygen atoms in total. The van der Waals surface area contributed by atoms with Crippen LogP contribution in [0.5, 0.6) is 5.75 Å². The molecule has 0 saturated heterocycles. The zero-order chi connectivity index (χ0) is 5.98. The smallest absolute Gasteiger partial charge is 0.115 e. The fraction of sp³-hybridized carbons (Fsp3) is 0.143. The topological polar surface area (TPSA) is 20.2 Å². The van der Waals surface area contributed by atoms with Gasteiger partial charge in [0, 0.05) is 17.4 Å². The van der Waals surface area contributed by atoms with Gasteiger partial charge in [0.25, 0.3) is 0 Å². The third-order valence-corrected chi connectivity index (χ3v) is 1.00. The first-order valence-electron chi connectivity index (χ1n) is 2.54. The zero-order valence-electron chi connectivity index (χ0n) is 5.33. The van der Waals surface area contributed by atoms with Gasteiger partial charge in [0.15, 0.2) is 0 Å². The highest BCUT2D eigenvalue weighted by molar-refractivity contribution is 5.75. The van der Waals surface area contributed by atoms with Crippen molar-refractivity contribution in [2.45, 2.75) is 6.92 Å². The number of hydrogen-bond donors (Lipinski definition) is 1. The van der Waals surface area contributed by atoms with Gasteiger partial charge in [-0.05, 0) is 24.6 Å². The molecule has 1 rings (SSSR count). The van der Waals surface area contributed by atoms with Crippen LogP contribution in [-0.4, -0.2) is 22.5 Å². The first-order valence-corrected chi connectivity index (χ1v) is 2.54. The monoisotopic (exact) mass is 135 g/mol. The molecule has 3 radical (unpaired) electrons. The fourth-order valence-electron chi connectivity index (χ4n) is 0.628. The lowest BCUT2D eigenvalue weighted by molar-refractivity contribution is 0.475. The number of aromatic hydroxyl groups is 1. The van der Waals surface area contributed by atoms with E-state index in [0.29, 0.717) is 5.75 Å². The highest BCUT2D eigenvalue weighted by atomic mass is 27.0. The van der Waals surface area contributed by atoms with Gasteiger partial charge in [-0.15, -0.1) is 0 Å². The molecule has 0 aliphatic rings. The van der Waals surface area contributed by atoms with Crippen LogP contribution < -0.4 is 0 Å². The first-order chi connectivity index (χ1) is 3.79. The van der Waals surface area contributed by atoms with Gasteiger partial charge in [0.1, 0.15) is 5.75 Å². The van der Waals surface area contributed by atoms with Crippen molar-refractivity contribution in [2.24, 2.45) is 0 Å². The normalized spacial score (nSPS) is 8.11. The van der Waals surface area contributed by atoms with Gasteiger partial charge >= 0.3 is 0 Å². The Kier molecular flexibility index (Phi) is 3.38. The van der Waals surface area contributed by atoms with Crippen LogP contribution in [-0.2, 0) is 0 Å². The Morgan fingerprint density at radius 2 is 2.00 bits per heavy atom. The van der Waals surface area contributed by atoms with E-state index in [0.717, 1.165) is 5.56 Å². The van der Waals surface area contributed by atoms with E-state index < -0.39 is 0 Å². The number of aryl methyl sites for hydroxylation is 1. The van der Waals surface area contributed by atoms with E-state index in [-0.39, 0.29) is 17.4 Å². The molecule has 0 atom stereocenters. The molecule has 0 aromatic heterocycles. The Bertz CT molecular complexity index is 169. The van der Waals surface area contributed by atoms with E-state index in [9.17, 15) is 0 Å². The van der Waals surface area contributed by atoms with Crippen LogP contribution in [0.2, 0.25) is 0 Å². The highest BCUT2D eigenvalue weighted by Crippen LogP contribution is 2.08. The van der Waals surface area contributed by atoms with Crippen molar-refractivity contribution >= 4 is 17.4 Å². The second-order valence-corrected chi connectivity index (χ2v) is 1.84. The lowest BCUT2D eigenvalue weighted by atomic mass is 10.2. The average molecular weight is 135 g/mol. The van der Waals surface area contributed by atoms with Crippen molar-refractivity contribution in [1.29, 1.82) is 0 Å². The summed E-state index contributed by atoms with van der Waals surface area (Å²) >= 11 is 0. The summed E-state index contributed by atoms with van der Waals surface area (Å²) in [5, 5.41) is 8.81. The molecule has 9 heavy (non-hydrogen) atoms. The summed E-state index contributed by atoms with van der Waals surface area (Å²) in [4.78, 5) is 0. The van der Waals surface area contributed by atoms with Crippen LogP contribution in [0.15, 0.2) is 24.3 Å². The maximum Gasteiger partial charge on any atom is 0.115 e. The summed E-state index contributed by atoms with van der Waals surface area (Å²) in [5.74, 6) is 0.338. The highest BCUT2D eigenvalue weighted by Gasteiger charge is 1.83. The van der Waals surface area contributed by atoms with Crippen molar-refractivity contribution in [3.8, 4) is 5.75 Å². The largest absolute Gasteiger partial charge is 0.508 e. The Balaban J connectivity index is 0.000000640. The molecule has 2 heteroatoms. The molecule has 1 N–H and O–H groups in total. The second-order valence-electron chi connectivity index (χ2n) is 1.84. The van der Waals surface area contributed by atoms with E-state index in [4.69, 9.17) is 5.11 Å². The van der Waals surface area contributed by atoms with Crippen LogP contribution in [0, 0.1) is 6.92 Å². The van der Waals surface area contributed by atoms with Crippen molar-refractivity contribution < 1.29 is 5.11 Å². The summed E-state index contributed by atoms with van der Waals surface area (Å²) in [5.41, 5.74) is 1.09. The van der Waals surface area contributed by atoms with E-state index in [1.54, 1.807) is 12.1 Å². The van der Waals surface area contributed by atoms with Gasteiger partial charge in [-0.3, -0.25) is 0 Å². The number of rotatable bonds is 0. The van der Waals surface area contributed by atoms with Gasteiger partial charge in [0.2, 0.25) is 0 Å². The van der Waals surface area contributed by atoms with Crippen LogP contribution >= 0.6 is 0 Å². The van der Waals surface area contributed by atoms with E-state index in [1.165, 1.54) is 0 Å². The van der Waals surface area contributed by atoms with Crippen LogP contribution in [0.1, 0.15) is 5.56 Å². The molecule has 0 amide bonds. The molecule has 0 saturated carbocycles. The molecule has 0 aliphatic carbocycles. The van der Waals surface area contributed by atoms with Gasteiger partial charge in [0.05, 0.1) is 0 Å². The fourth-order valence-corrected chi connectivity index (χ4v) is 0.628. The molecule has 0 fully saturated rings. The molecule has 45 valence electrons. The summed E-state index contributed by atoms with van der Waals surface area (Å²) in [7, 11) is 0. The lowest BCUT2D eigenvalue weighted by Gasteiger charge is -1.89. The van der Waals surface area contributed by atoms with Gasteiger partial charge in [-0.2, -0.15) is 0 Å². The number of hydrogen-bond acceptors (Lipinski definition) is 1. The van der Waals surface area contributed by atoms with Crippen molar-refractivity contribution in [1.82, 2.24) is 0 Å². The molecular formula is C7H8AlO. The molecule has 1 aromatic rings. The van der Waals surface area contributed by atoms with Gasteiger partial charge < -0.3 is 5.11 Å². The average Bonchev–Trinajstić information content (AvgIpc) is 1.64. The molecule has 0 heterocycles. The zero-order valence-corrected chi connectivity index (χ0v) is 6.49. The molecule has 0 unspecified atom stereocenters. The number of phenols is 1. The number of benzene rings is 1. The van der Waals surface area contributed by atoms with Crippen molar-refractivity contribution in [2.75, 3.05) is 0 Å². The van der Waals surface area contributed by atoms with Gasteiger partial charge in [-0.25, -0.2) is 0 Å². The first kappa shape index (κ1) is 8.55. The third-order valence-electron chi connectivity index (χ3n) is 1.00. The standard InChI is InChI=1S/C7H8O.Al/c1-6-3-2-4-7(8)5-6;/h2-5,8H,1H3;. The minimum Gasteiger partial charge on any atom is -0.508 e. The summed E-state index contributed by atoms with van der Waals surface area (Å²) < 4.78 is 0. The molecule has 0 spiro atoms. The quantitative estimate of drug-likeness (QED) is 0.532. The SMILES string of the molecule is Cc1cccc(O)c1.[Al]. The van der Waals surface area contributed by atoms with Gasteiger partial charge in [-0.1, -0.05) is 12.1 Å². The summed E-state index contributed by atoms with van der Waals surface area (Å²) in [6.45, 7) is 1.94. The lowest BCUT2D eigenvalue weighted by Crippen LogP contribution is -1.66. The van der Waals surface area contributed by atoms with E-state index >= 15 is 0 Å². The molecule has 0 aliphatic heterocycles. The van der Waals surface area contributed by atoms with Crippen molar-refractivity contribution in [3.05, 3.63) is 29.8 Å². The Labute approximate surface area is 65.5 Å². The van der Waals surface area contributed by atoms with Crippen LogP contribution in [0.25, 0.3) is 0 Å². The minimum atomic E-state index is 0. The third kappa shape index (κ3) is 2.55. The predicted octanol–water partition coefficient (Wildman–Crippen LogP) is 1.32. The molecular weight excluding hydrogens is 127 g/mol. The van der Waals surface area contributed by atoms with Crippen molar-refractivity contribution in [3.63, 3.8) is 0 Å². The minimum absolute atomic E-state index is 0. The Morgan fingerprint density at radius 3 is 2.33 bits per heavy atom. The molecule has 0 bridgehead atoms. The maximum atomic E-state index is 8.81. The van der Waals surface area contributed by atoms with Crippen LogP contribution in [0.4, 0.5) is 0 Å². The summed E-state index contributed by atoms with van der Waals surface area (Å²) in [6.07, 6.45) is 0. The van der Waals surface area contributed by atoms with Crippen LogP contribution in [0.3, 0.4) is 0 Å². The second kappa shape index (κ2) is 3.55.